The van der Waals surface area contributed by atoms with Crippen LogP contribution in [0.3, 0.4) is 0 Å². The first-order valence-electron chi connectivity index (χ1n) is 6.62. The van der Waals surface area contributed by atoms with Crippen molar-refractivity contribution in [2.45, 2.75) is 24.9 Å². The van der Waals surface area contributed by atoms with Gasteiger partial charge in [-0.25, -0.2) is 9.97 Å². The number of hydrogen-bond acceptors (Lipinski definition) is 4. The van der Waals surface area contributed by atoms with Crippen molar-refractivity contribution in [3.63, 3.8) is 0 Å². The topological polar surface area (TPSA) is 71.3 Å². The molecule has 98 valence electrons. The minimum Gasteiger partial charge on any atom is -0.346 e. The average Bonchev–Trinajstić information content (AvgIpc) is 3.13. The monoisotopic (exact) mass is 257 g/mol. The van der Waals surface area contributed by atoms with Gasteiger partial charge in [-0.15, -0.1) is 0 Å². The molecule has 1 aliphatic carbocycles. The van der Waals surface area contributed by atoms with Gasteiger partial charge >= 0.3 is 0 Å². The standard InChI is InChI=1S/C13H15N5O/c19-13(17-10-4-8-3-9(10)15-6-8)11-5-12-14-1-2-18(12)7-16-11/h1-2,5,7-10,15H,3-4,6H2,(H,17,19)/t8-,9-,10-/m1/s1. The maximum absolute atomic E-state index is 12.2. The van der Waals surface area contributed by atoms with Gasteiger partial charge < -0.3 is 10.6 Å². The van der Waals surface area contributed by atoms with Crippen LogP contribution in [0.1, 0.15) is 23.3 Å². The zero-order chi connectivity index (χ0) is 12.8. The van der Waals surface area contributed by atoms with Crippen molar-refractivity contribution in [1.29, 1.82) is 0 Å². The van der Waals surface area contributed by atoms with Crippen molar-refractivity contribution in [3.05, 3.63) is 30.5 Å². The van der Waals surface area contributed by atoms with Gasteiger partial charge in [0.05, 0.1) is 0 Å². The zero-order valence-corrected chi connectivity index (χ0v) is 10.4. The van der Waals surface area contributed by atoms with Gasteiger partial charge in [0.2, 0.25) is 0 Å². The van der Waals surface area contributed by atoms with Gasteiger partial charge in [0, 0.05) is 30.5 Å². The van der Waals surface area contributed by atoms with Crippen LogP contribution in [0.25, 0.3) is 5.65 Å². The van der Waals surface area contributed by atoms with Gasteiger partial charge in [-0.3, -0.25) is 9.20 Å². The first-order valence-corrected chi connectivity index (χ1v) is 6.62. The molecule has 2 aliphatic rings. The normalized spacial score (nSPS) is 28.9. The van der Waals surface area contributed by atoms with Gasteiger partial charge in [-0.2, -0.15) is 0 Å². The Morgan fingerprint density at radius 1 is 1.42 bits per heavy atom. The van der Waals surface area contributed by atoms with E-state index in [9.17, 15) is 4.79 Å². The number of imidazole rings is 1. The van der Waals surface area contributed by atoms with Crippen LogP contribution in [0.15, 0.2) is 24.8 Å². The van der Waals surface area contributed by atoms with Crippen LogP contribution in [0.5, 0.6) is 0 Å². The second kappa shape index (κ2) is 4.03. The van der Waals surface area contributed by atoms with Crippen LogP contribution in [-0.2, 0) is 0 Å². The lowest BCUT2D eigenvalue weighted by Crippen LogP contribution is -2.48. The number of carbonyl (C=O) groups is 1. The van der Waals surface area contributed by atoms with Crippen LogP contribution >= 0.6 is 0 Å². The predicted molar refractivity (Wildman–Crippen MR) is 68.8 cm³/mol. The van der Waals surface area contributed by atoms with E-state index < -0.39 is 0 Å². The van der Waals surface area contributed by atoms with Gasteiger partial charge in [-0.05, 0) is 25.3 Å². The molecule has 6 heteroatoms. The predicted octanol–water partition coefficient (Wildman–Crippen LogP) is 0.209. The number of amides is 1. The van der Waals surface area contributed by atoms with Crippen LogP contribution in [-0.4, -0.2) is 38.9 Å². The Hall–Kier alpha value is -1.95. The third kappa shape index (κ3) is 1.79. The molecule has 2 aromatic heterocycles. The largest absolute Gasteiger partial charge is 0.346 e. The third-order valence-corrected chi connectivity index (χ3v) is 4.16. The van der Waals surface area contributed by atoms with E-state index >= 15 is 0 Å². The molecule has 3 atom stereocenters. The lowest BCUT2D eigenvalue weighted by atomic mass is 10.1. The minimum atomic E-state index is -0.107. The molecule has 2 aromatic rings. The Bertz CT molecular complexity index is 637. The molecule has 3 heterocycles. The van der Waals surface area contributed by atoms with Gasteiger partial charge in [0.15, 0.2) is 0 Å². The Balaban J connectivity index is 1.53. The van der Waals surface area contributed by atoms with Gasteiger partial charge in [-0.1, -0.05) is 0 Å². The molecule has 4 rings (SSSR count). The summed E-state index contributed by atoms with van der Waals surface area (Å²) in [6, 6.07) is 2.39. The Kier molecular flexibility index (Phi) is 2.32. The van der Waals surface area contributed by atoms with Crippen molar-refractivity contribution in [1.82, 2.24) is 25.0 Å². The van der Waals surface area contributed by atoms with E-state index in [1.54, 1.807) is 23.0 Å². The summed E-state index contributed by atoms with van der Waals surface area (Å²) in [5.41, 5.74) is 1.17. The number of piperidine rings is 1. The molecule has 1 amide bonds. The van der Waals surface area contributed by atoms with Crippen molar-refractivity contribution >= 4 is 11.6 Å². The van der Waals surface area contributed by atoms with Crippen LogP contribution in [0.2, 0.25) is 0 Å². The van der Waals surface area contributed by atoms with E-state index in [0.29, 0.717) is 11.7 Å². The SMILES string of the molecule is O=C(N[C@@H]1C[C@@H]2CN[C@@H]1C2)c1cc2nccn2cn1. The van der Waals surface area contributed by atoms with E-state index in [1.165, 1.54) is 6.42 Å². The number of carbonyl (C=O) groups excluding carboxylic acids is 1. The Morgan fingerprint density at radius 2 is 2.37 bits per heavy atom. The lowest BCUT2D eigenvalue weighted by Gasteiger charge is -2.23. The molecular weight excluding hydrogens is 242 g/mol. The molecular formula is C13H15N5O. The van der Waals surface area contributed by atoms with Crippen LogP contribution in [0.4, 0.5) is 0 Å². The molecule has 19 heavy (non-hydrogen) atoms. The fourth-order valence-corrected chi connectivity index (χ4v) is 3.20. The van der Waals surface area contributed by atoms with Crippen molar-refractivity contribution in [2.75, 3.05) is 6.54 Å². The van der Waals surface area contributed by atoms with Crippen LogP contribution < -0.4 is 10.6 Å². The molecule has 0 unspecified atom stereocenters. The number of rotatable bonds is 2. The fraction of sp³-hybridized carbons (Fsp3) is 0.462. The first-order chi connectivity index (χ1) is 9.29. The van der Waals surface area contributed by atoms with Gasteiger partial charge in [0.1, 0.15) is 17.7 Å². The summed E-state index contributed by atoms with van der Waals surface area (Å²) in [7, 11) is 0. The number of aromatic nitrogens is 3. The highest BCUT2D eigenvalue weighted by Crippen LogP contribution is 2.31. The molecule has 2 N–H and O–H groups in total. The van der Waals surface area contributed by atoms with Gasteiger partial charge in [0.25, 0.3) is 5.91 Å². The molecule has 1 aliphatic heterocycles. The maximum atomic E-state index is 12.2. The van der Waals surface area contributed by atoms with E-state index in [-0.39, 0.29) is 11.9 Å². The molecule has 1 saturated heterocycles. The van der Waals surface area contributed by atoms with Crippen molar-refractivity contribution in [2.24, 2.45) is 5.92 Å². The number of nitrogens with zero attached hydrogens (tertiary/aromatic N) is 3. The Morgan fingerprint density at radius 3 is 3.16 bits per heavy atom. The maximum Gasteiger partial charge on any atom is 0.270 e. The average molecular weight is 257 g/mol. The second-order valence-corrected chi connectivity index (χ2v) is 5.40. The Labute approximate surface area is 110 Å². The lowest BCUT2D eigenvalue weighted by molar-refractivity contribution is 0.0923. The second-order valence-electron chi connectivity index (χ2n) is 5.40. The molecule has 0 radical (unpaired) electrons. The van der Waals surface area contributed by atoms with Crippen molar-refractivity contribution < 1.29 is 4.79 Å². The molecule has 1 saturated carbocycles. The van der Waals surface area contributed by atoms with E-state index in [2.05, 4.69) is 20.6 Å². The third-order valence-electron chi connectivity index (χ3n) is 4.16. The fourth-order valence-electron chi connectivity index (χ4n) is 3.20. The summed E-state index contributed by atoms with van der Waals surface area (Å²) in [5, 5.41) is 6.52. The highest BCUT2D eigenvalue weighted by Gasteiger charge is 2.40. The molecule has 2 fully saturated rings. The van der Waals surface area contributed by atoms with E-state index in [1.807, 2.05) is 6.20 Å². The summed E-state index contributed by atoms with van der Waals surface area (Å²) in [5.74, 6) is 0.614. The summed E-state index contributed by atoms with van der Waals surface area (Å²) in [4.78, 5) is 20.5. The summed E-state index contributed by atoms with van der Waals surface area (Å²) in [6.07, 6.45) is 7.38. The number of hydrogen-bond donors (Lipinski definition) is 2. The quantitative estimate of drug-likeness (QED) is 0.807. The number of fused-ring (bicyclic) bond motifs is 3. The number of nitrogens with one attached hydrogen (secondary N) is 2. The minimum absolute atomic E-state index is 0.107. The van der Waals surface area contributed by atoms with E-state index in [0.717, 1.165) is 24.5 Å². The molecule has 6 nitrogen and oxygen atoms in total. The van der Waals surface area contributed by atoms with Crippen molar-refractivity contribution in [3.8, 4) is 0 Å². The molecule has 0 aromatic carbocycles. The highest BCUT2D eigenvalue weighted by atomic mass is 16.2. The van der Waals surface area contributed by atoms with Crippen LogP contribution in [0, 0.1) is 5.92 Å². The summed E-state index contributed by atoms with van der Waals surface area (Å²) in [6.45, 7) is 1.09. The van der Waals surface area contributed by atoms with E-state index in [4.69, 9.17) is 0 Å². The molecule has 0 spiro atoms. The zero-order valence-electron chi connectivity index (χ0n) is 10.4. The first kappa shape index (κ1) is 10.9. The smallest absolute Gasteiger partial charge is 0.270 e. The summed E-state index contributed by atoms with van der Waals surface area (Å²) >= 11 is 0. The highest BCUT2D eigenvalue weighted by molar-refractivity contribution is 5.93. The summed E-state index contributed by atoms with van der Waals surface area (Å²) < 4.78 is 1.79. The molecule has 2 bridgehead atoms.